The smallest absolute Gasteiger partial charge is 0.354 e. The zero-order chi connectivity index (χ0) is 15.6. The maximum Gasteiger partial charge on any atom is 0.354 e. The molecule has 1 aromatic carbocycles. The van der Waals surface area contributed by atoms with Crippen LogP contribution in [0.2, 0.25) is 0 Å². The molecule has 5 heteroatoms. The van der Waals surface area contributed by atoms with Crippen LogP contribution < -0.4 is 4.74 Å². The molecule has 1 heterocycles. The maximum absolute atomic E-state index is 11.3. The number of methoxy groups -OCH3 is 1. The Kier molecular flexibility index (Phi) is 4.31. The second kappa shape index (κ2) is 5.99. The van der Waals surface area contributed by atoms with Crippen LogP contribution in [0, 0.1) is 13.8 Å². The van der Waals surface area contributed by atoms with E-state index in [0.717, 1.165) is 28.9 Å². The standard InChI is InChI=1S/C16H20N2O3/c1-5-6-18-14(16(19)20)9-13(17-18)15-10(2)7-12(21-4)8-11(15)3/h7-9H,5-6H2,1-4H3,(H,19,20). The SMILES string of the molecule is CCCn1nc(-c2c(C)cc(OC)cc2C)cc1C(=O)O. The molecular weight excluding hydrogens is 268 g/mol. The Morgan fingerprint density at radius 2 is 1.90 bits per heavy atom. The largest absolute Gasteiger partial charge is 0.497 e. The van der Waals surface area contributed by atoms with E-state index in [4.69, 9.17) is 4.74 Å². The number of aromatic carboxylic acids is 1. The van der Waals surface area contributed by atoms with Gasteiger partial charge in [0.05, 0.1) is 12.8 Å². The molecule has 0 spiro atoms. The van der Waals surface area contributed by atoms with Gasteiger partial charge in [-0.3, -0.25) is 4.68 Å². The third-order valence-electron chi connectivity index (χ3n) is 3.43. The van der Waals surface area contributed by atoms with Gasteiger partial charge in [0.25, 0.3) is 0 Å². The molecule has 0 fully saturated rings. The molecule has 0 aliphatic heterocycles. The summed E-state index contributed by atoms with van der Waals surface area (Å²) in [5.41, 5.74) is 3.92. The molecule has 0 saturated heterocycles. The quantitative estimate of drug-likeness (QED) is 0.917. The van der Waals surface area contributed by atoms with Crippen molar-refractivity contribution in [2.75, 3.05) is 7.11 Å². The monoisotopic (exact) mass is 288 g/mol. The van der Waals surface area contributed by atoms with Crippen molar-refractivity contribution >= 4 is 5.97 Å². The molecule has 112 valence electrons. The zero-order valence-electron chi connectivity index (χ0n) is 12.8. The predicted molar refractivity (Wildman–Crippen MR) is 80.9 cm³/mol. The van der Waals surface area contributed by atoms with Crippen molar-refractivity contribution in [1.82, 2.24) is 9.78 Å². The summed E-state index contributed by atoms with van der Waals surface area (Å²) in [7, 11) is 1.63. The van der Waals surface area contributed by atoms with Gasteiger partial charge >= 0.3 is 5.97 Å². The molecule has 0 amide bonds. The van der Waals surface area contributed by atoms with E-state index in [0.29, 0.717) is 12.2 Å². The van der Waals surface area contributed by atoms with Crippen LogP contribution in [-0.4, -0.2) is 28.0 Å². The van der Waals surface area contributed by atoms with E-state index in [1.54, 1.807) is 17.9 Å². The molecule has 2 rings (SSSR count). The van der Waals surface area contributed by atoms with Crippen LogP contribution in [0.4, 0.5) is 0 Å². The van der Waals surface area contributed by atoms with Crippen molar-refractivity contribution in [1.29, 1.82) is 0 Å². The number of aryl methyl sites for hydroxylation is 3. The highest BCUT2D eigenvalue weighted by Crippen LogP contribution is 2.30. The Morgan fingerprint density at radius 3 is 2.38 bits per heavy atom. The van der Waals surface area contributed by atoms with E-state index in [1.165, 1.54) is 0 Å². The fraction of sp³-hybridized carbons (Fsp3) is 0.375. The van der Waals surface area contributed by atoms with Gasteiger partial charge in [-0.05, 0) is 49.6 Å². The second-order valence-corrected chi connectivity index (χ2v) is 5.08. The summed E-state index contributed by atoms with van der Waals surface area (Å²) in [4.78, 5) is 11.3. The molecule has 2 aromatic rings. The highest BCUT2D eigenvalue weighted by atomic mass is 16.5. The first-order chi connectivity index (χ1) is 9.97. The number of hydrogen-bond acceptors (Lipinski definition) is 3. The van der Waals surface area contributed by atoms with Crippen LogP contribution in [0.1, 0.15) is 35.0 Å². The van der Waals surface area contributed by atoms with E-state index >= 15 is 0 Å². The lowest BCUT2D eigenvalue weighted by Crippen LogP contribution is -2.09. The number of carboxylic acid groups (broad SMARTS) is 1. The summed E-state index contributed by atoms with van der Waals surface area (Å²) in [6, 6.07) is 5.50. The normalized spacial score (nSPS) is 10.7. The summed E-state index contributed by atoms with van der Waals surface area (Å²) in [6.45, 7) is 6.54. The molecule has 0 radical (unpaired) electrons. The Balaban J connectivity index is 2.57. The average molecular weight is 288 g/mol. The summed E-state index contributed by atoms with van der Waals surface area (Å²) in [5, 5.41) is 13.8. The minimum absolute atomic E-state index is 0.224. The molecule has 0 unspecified atom stereocenters. The number of benzene rings is 1. The van der Waals surface area contributed by atoms with Crippen molar-refractivity contribution in [2.45, 2.75) is 33.7 Å². The molecule has 21 heavy (non-hydrogen) atoms. The first-order valence-electron chi connectivity index (χ1n) is 6.94. The molecule has 0 bridgehead atoms. The minimum atomic E-state index is -0.953. The van der Waals surface area contributed by atoms with Gasteiger partial charge in [-0.25, -0.2) is 4.79 Å². The van der Waals surface area contributed by atoms with Gasteiger partial charge < -0.3 is 9.84 Å². The zero-order valence-corrected chi connectivity index (χ0v) is 12.8. The molecule has 0 saturated carbocycles. The van der Waals surface area contributed by atoms with Gasteiger partial charge in [0, 0.05) is 12.1 Å². The Hall–Kier alpha value is -2.30. The fourth-order valence-electron chi connectivity index (χ4n) is 2.54. The lowest BCUT2D eigenvalue weighted by atomic mass is 9.99. The summed E-state index contributed by atoms with van der Waals surface area (Å²) < 4.78 is 6.81. The first kappa shape index (κ1) is 15.1. The highest BCUT2D eigenvalue weighted by molar-refractivity contribution is 5.87. The van der Waals surface area contributed by atoms with Gasteiger partial charge in [-0.2, -0.15) is 5.10 Å². The molecule has 0 aliphatic carbocycles. The third-order valence-corrected chi connectivity index (χ3v) is 3.43. The number of carbonyl (C=O) groups is 1. The van der Waals surface area contributed by atoms with Gasteiger partial charge in [-0.15, -0.1) is 0 Å². The van der Waals surface area contributed by atoms with E-state index in [2.05, 4.69) is 5.10 Å². The molecule has 5 nitrogen and oxygen atoms in total. The van der Waals surface area contributed by atoms with Gasteiger partial charge in [0.2, 0.25) is 0 Å². The molecule has 0 atom stereocenters. The van der Waals surface area contributed by atoms with E-state index in [9.17, 15) is 9.90 Å². The molecule has 1 N–H and O–H groups in total. The van der Waals surface area contributed by atoms with Crippen LogP contribution in [0.25, 0.3) is 11.3 Å². The molecular formula is C16H20N2O3. The summed E-state index contributed by atoms with van der Waals surface area (Å²) in [5.74, 6) is -0.161. The van der Waals surface area contributed by atoms with Crippen molar-refractivity contribution in [3.63, 3.8) is 0 Å². The lowest BCUT2D eigenvalue weighted by molar-refractivity contribution is 0.0683. The Bertz CT molecular complexity index is 651. The van der Waals surface area contributed by atoms with Gasteiger partial charge in [0.15, 0.2) is 0 Å². The second-order valence-electron chi connectivity index (χ2n) is 5.08. The topological polar surface area (TPSA) is 64.4 Å². The number of aromatic nitrogens is 2. The van der Waals surface area contributed by atoms with Crippen LogP contribution in [0.3, 0.4) is 0 Å². The van der Waals surface area contributed by atoms with Crippen molar-refractivity contribution in [2.24, 2.45) is 0 Å². The van der Waals surface area contributed by atoms with Gasteiger partial charge in [-0.1, -0.05) is 6.92 Å². The van der Waals surface area contributed by atoms with E-state index < -0.39 is 5.97 Å². The van der Waals surface area contributed by atoms with Crippen LogP contribution in [0.15, 0.2) is 18.2 Å². The van der Waals surface area contributed by atoms with Crippen molar-refractivity contribution in [3.8, 4) is 17.0 Å². The van der Waals surface area contributed by atoms with Crippen LogP contribution in [0.5, 0.6) is 5.75 Å². The van der Waals surface area contributed by atoms with Crippen LogP contribution >= 0.6 is 0 Å². The number of hydrogen-bond donors (Lipinski definition) is 1. The molecule has 0 aliphatic rings. The fourth-order valence-corrected chi connectivity index (χ4v) is 2.54. The average Bonchev–Trinajstić information content (AvgIpc) is 2.82. The van der Waals surface area contributed by atoms with E-state index in [1.807, 2.05) is 32.9 Å². The minimum Gasteiger partial charge on any atom is -0.497 e. The predicted octanol–water partition coefficient (Wildman–Crippen LogP) is 3.28. The van der Waals surface area contributed by atoms with E-state index in [-0.39, 0.29) is 5.69 Å². The number of nitrogens with zero attached hydrogens (tertiary/aromatic N) is 2. The first-order valence-corrected chi connectivity index (χ1v) is 6.94. The number of ether oxygens (including phenoxy) is 1. The number of rotatable bonds is 5. The maximum atomic E-state index is 11.3. The summed E-state index contributed by atoms with van der Waals surface area (Å²) in [6.07, 6.45) is 0.835. The van der Waals surface area contributed by atoms with Crippen molar-refractivity contribution < 1.29 is 14.6 Å². The Labute approximate surface area is 124 Å². The molecule has 1 aromatic heterocycles. The third kappa shape index (κ3) is 2.91. The summed E-state index contributed by atoms with van der Waals surface area (Å²) >= 11 is 0. The van der Waals surface area contributed by atoms with Crippen LogP contribution in [-0.2, 0) is 6.54 Å². The van der Waals surface area contributed by atoms with Gasteiger partial charge in [0.1, 0.15) is 11.4 Å². The highest BCUT2D eigenvalue weighted by Gasteiger charge is 2.17. The lowest BCUT2D eigenvalue weighted by Gasteiger charge is -2.10. The number of carboxylic acids is 1. The van der Waals surface area contributed by atoms with Crippen molar-refractivity contribution in [3.05, 3.63) is 35.0 Å². The Morgan fingerprint density at radius 1 is 1.29 bits per heavy atom.